The van der Waals surface area contributed by atoms with Crippen molar-refractivity contribution in [2.75, 3.05) is 33.1 Å². The Morgan fingerprint density at radius 1 is 1.26 bits per heavy atom. The van der Waals surface area contributed by atoms with Gasteiger partial charge in [0.1, 0.15) is 0 Å². The molecule has 122 valence electrons. The summed E-state index contributed by atoms with van der Waals surface area (Å²) in [6, 6.07) is 1.51. The van der Waals surface area contributed by atoms with E-state index < -0.39 is 5.91 Å². The molecule has 8 nitrogen and oxygen atoms in total. The lowest BCUT2D eigenvalue weighted by atomic mass is 10.2. The summed E-state index contributed by atoms with van der Waals surface area (Å²) in [5, 5.41) is 3.30. The fraction of sp³-hybridized carbons (Fsp3) is 0.429. The molecule has 2 aromatic rings. The lowest BCUT2D eigenvalue weighted by Crippen LogP contribution is -2.25. The van der Waals surface area contributed by atoms with E-state index in [1.165, 1.54) is 36.5 Å². The van der Waals surface area contributed by atoms with Gasteiger partial charge in [-0.2, -0.15) is 9.97 Å². The topological polar surface area (TPSA) is 89.5 Å². The summed E-state index contributed by atoms with van der Waals surface area (Å²) in [6.45, 7) is 1.83. The lowest BCUT2D eigenvalue weighted by Gasteiger charge is -2.20. The van der Waals surface area contributed by atoms with E-state index in [1.54, 1.807) is 0 Å². The van der Waals surface area contributed by atoms with Crippen molar-refractivity contribution in [3.05, 3.63) is 22.5 Å². The highest BCUT2D eigenvalue weighted by Crippen LogP contribution is 2.28. The number of ether oxygens (including phenoxy) is 2. The van der Waals surface area contributed by atoms with Gasteiger partial charge in [0.25, 0.3) is 5.91 Å². The second-order valence-electron chi connectivity index (χ2n) is 5.11. The Bertz CT molecular complexity index is 711. The zero-order chi connectivity index (χ0) is 16.4. The maximum Gasteiger partial charge on any atom is 0.295 e. The third-order valence-electron chi connectivity index (χ3n) is 3.44. The molecule has 3 rings (SSSR count). The highest BCUT2D eigenvalue weighted by atomic mass is 32.1. The van der Waals surface area contributed by atoms with Crippen molar-refractivity contribution in [2.24, 2.45) is 0 Å². The molecule has 1 aliphatic rings. The molecular weight excluding hydrogens is 318 g/mol. The molecule has 23 heavy (non-hydrogen) atoms. The predicted octanol–water partition coefficient (Wildman–Crippen LogP) is 1.19. The third kappa shape index (κ3) is 3.40. The van der Waals surface area contributed by atoms with Crippen LogP contribution >= 0.6 is 11.3 Å². The fourth-order valence-electron chi connectivity index (χ4n) is 2.24. The van der Waals surface area contributed by atoms with E-state index in [-0.39, 0.29) is 17.6 Å². The lowest BCUT2D eigenvalue weighted by molar-refractivity contribution is 0.101. The molecule has 0 aromatic carbocycles. The molecule has 1 aliphatic heterocycles. The molecule has 1 N–H and O–H groups in total. The Morgan fingerprint density at radius 3 is 2.61 bits per heavy atom. The normalized spacial score (nSPS) is 14.2. The number of anilines is 1. The van der Waals surface area contributed by atoms with Crippen LogP contribution in [0.1, 0.15) is 21.2 Å². The van der Waals surface area contributed by atoms with Gasteiger partial charge in [-0.25, -0.2) is 4.98 Å². The number of carbonyl (C=O) groups excluding carboxylic acids is 1. The molecule has 0 radical (unpaired) electrons. The Hall–Kier alpha value is -2.26. The number of nitrogens with zero attached hydrogens (tertiary/aromatic N) is 4. The number of hydrogen-bond donors (Lipinski definition) is 1. The SMILES string of the molecule is COc1cc(OC)nc(C(=O)Nc2nc3c(s2)CN(C)CC3)n1. The molecule has 2 aromatic heterocycles. The van der Waals surface area contributed by atoms with Gasteiger partial charge >= 0.3 is 0 Å². The van der Waals surface area contributed by atoms with Crippen LogP contribution in [0.15, 0.2) is 6.07 Å². The van der Waals surface area contributed by atoms with Gasteiger partial charge in [-0.15, -0.1) is 11.3 Å². The van der Waals surface area contributed by atoms with Crippen LogP contribution in [-0.2, 0) is 13.0 Å². The quantitative estimate of drug-likeness (QED) is 0.897. The monoisotopic (exact) mass is 335 g/mol. The minimum absolute atomic E-state index is 0.0218. The molecule has 3 heterocycles. The zero-order valence-corrected chi connectivity index (χ0v) is 13.9. The summed E-state index contributed by atoms with van der Waals surface area (Å²) in [5.41, 5.74) is 1.05. The summed E-state index contributed by atoms with van der Waals surface area (Å²) in [4.78, 5) is 28.3. The maximum atomic E-state index is 12.3. The first kappa shape index (κ1) is 15.6. The summed E-state index contributed by atoms with van der Waals surface area (Å²) < 4.78 is 10.1. The summed E-state index contributed by atoms with van der Waals surface area (Å²) >= 11 is 1.48. The van der Waals surface area contributed by atoms with E-state index in [1.807, 2.05) is 0 Å². The number of carbonyl (C=O) groups is 1. The molecule has 9 heteroatoms. The molecule has 0 unspecified atom stereocenters. The number of amides is 1. The van der Waals surface area contributed by atoms with Gasteiger partial charge < -0.3 is 14.4 Å². The number of likely N-dealkylation sites (N-methyl/N-ethyl adjacent to an activating group) is 1. The van der Waals surface area contributed by atoms with Gasteiger partial charge in [-0.1, -0.05) is 0 Å². The first-order valence-corrected chi connectivity index (χ1v) is 7.86. The number of fused-ring (bicyclic) bond motifs is 1. The number of aromatic nitrogens is 3. The molecule has 0 atom stereocenters. The Labute approximate surface area is 137 Å². The summed E-state index contributed by atoms with van der Waals surface area (Å²) in [6.07, 6.45) is 0.891. The van der Waals surface area contributed by atoms with Crippen LogP contribution in [0.3, 0.4) is 0 Å². The molecule has 0 bridgehead atoms. The molecule has 0 fully saturated rings. The largest absolute Gasteiger partial charge is 0.481 e. The van der Waals surface area contributed by atoms with Crippen molar-refractivity contribution in [2.45, 2.75) is 13.0 Å². The minimum atomic E-state index is -0.443. The highest BCUT2D eigenvalue weighted by molar-refractivity contribution is 7.15. The van der Waals surface area contributed by atoms with Gasteiger partial charge in [0.05, 0.1) is 26.0 Å². The van der Waals surface area contributed by atoms with Crippen LogP contribution in [0, 0.1) is 0 Å². The van der Waals surface area contributed by atoms with Crippen molar-refractivity contribution < 1.29 is 14.3 Å². The second-order valence-corrected chi connectivity index (χ2v) is 6.19. The molecule has 0 saturated heterocycles. The zero-order valence-electron chi connectivity index (χ0n) is 13.1. The van der Waals surface area contributed by atoms with Gasteiger partial charge in [-0.3, -0.25) is 10.1 Å². The van der Waals surface area contributed by atoms with Crippen LogP contribution in [0.4, 0.5) is 5.13 Å². The standard InChI is InChI=1S/C14H17N5O3S/c1-19-5-4-8-9(7-19)23-14(15-8)18-13(20)12-16-10(21-2)6-11(17-12)22-3/h6H,4-5,7H2,1-3H3,(H,15,18,20). The number of nitrogens with one attached hydrogen (secondary N) is 1. The first-order valence-electron chi connectivity index (χ1n) is 7.04. The van der Waals surface area contributed by atoms with E-state index in [4.69, 9.17) is 9.47 Å². The number of rotatable bonds is 4. The van der Waals surface area contributed by atoms with E-state index in [0.717, 1.165) is 25.2 Å². The van der Waals surface area contributed by atoms with Gasteiger partial charge in [0.2, 0.25) is 17.6 Å². The highest BCUT2D eigenvalue weighted by Gasteiger charge is 2.20. The van der Waals surface area contributed by atoms with Crippen LogP contribution in [0.5, 0.6) is 11.8 Å². The van der Waals surface area contributed by atoms with E-state index in [2.05, 4.69) is 32.2 Å². The van der Waals surface area contributed by atoms with Gasteiger partial charge in [-0.05, 0) is 7.05 Å². The summed E-state index contributed by atoms with van der Waals surface area (Å²) in [5.74, 6) is 0.0669. The smallest absolute Gasteiger partial charge is 0.295 e. The van der Waals surface area contributed by atoms with E-state index >= 15 is 0 Å². The number of methoxy groups -OCH3 is 2. The molecular formula is C14H17N5O3S. The van der Waals surface area contributed by atoms with Crippen LogP contribution in [-0.4, -0.2) is 53.6 Å². The fourth-order valence-corrected chi connectivity index (χ4v) is 3.33. The second kappa shape index (κ2) is 6.47. The van der Waals surface area contributed by atoms with Gasteiger partial charge in [0.15, 0.2) is 5.13 Å². The average molecular weight is 335 g/mol. The van der Waals surface area contributed by atoms with Crippen molar-refractivity contribution in [3.8, 4) is 11.8 Å². The Kier molecular flexibility index (Phi) is 4.39. The maximum absolute atomic E-state index is 12.3. The van der Waals surface area contributed by atoms with Crippen molar-refractivity contribution in [3.63, 3.8) is 0 Å². The average Bonchev–Trinajstić information content (AvgIpc) is 2.95. The number of thiazole rings is 1. The Morgan fingerprint density at radius 2 is 1.96 bits per heavy atom. The van der Waals surface area contributed by atoms with Crippen molar-refractivity contribution in [1.82, 2.24) is 19.9 Å². The van der Waals surface area contributed by atoms with Crippen molar-refractivity contribution in [1.29, 1.82) is 0 Å². The third-order valence-corrected chi connectivity index (χ3v) is 4.44. The van der Waals surface area contributed by atoms with Crippen LogP contribution in [0.2, 0.25) is 0 Å². The Balaban J connectivity index is 1.79. The predicted molar refractivity (Wildman–Crippen MR) is 85.2 cm³/mol. The molecule has 0 saturated carbocycles. The minimum Gasteiger partial charge on any atom is -0.481 e. The van der Waals surface area contributed by atoms with E-state index in [0.29, 0.717) is 5.13 Å². The van der Waals surface area contributed by atoms with Crippen LogP contribution in [0.25, 0.3) is 0 Å². The molecule has 0 spiro atoms. The van der Waals surface area contributed by atoms with Crippen LogP contribution < -0.4 is 14.8 Å². The first-order chi connectivity index (χ1) is 11.1. The van der Waals surface area contributed by atoms with Gasteiger partial charge in [0, 0.05) is 24.4 Å². The van der Waals surface area contributed by atoms with Crippen molar-refractivity contribution >= 4 is 22.4 Å². The number of hydrogen-bond acceptors (Lipinski definition) is 8. The molecule has 0 aliphatic carbocycles. The molecule has 1 amide bonds. The summed E-state index contributed by atoms with van der Waals surface area (Å²) in [7, 11) is 5.00. The van der Waals surface area contributed by atoms with E-state index in [9.17, 15) is 4.79 Å².